The summed E-state index contributed by atoms with van der Waals surface area (Å²) in [7, 11) is 0. The van der Waals surface area contributed by atoms with Crippen LogP contribution in [0.4, 0.5) is 4.39 Å². The van der Waals surface area contributed by atoms with Gasteiger partial charge in [-0.15, -0.1) is 10.2 Å². The second-order valence-corrected chi connectivity index (χ2v) is 6.02. The van der Waals surface area contributed by atoms with E-state index in [9.17, 15) is 4.39 Å². The number of benzene rings is 1. The SMILES string of the molecule is CC(C)(C)c1cnc(Cn2nnc(-c3cccc(F)c3)n2)o1. The minimum Gasteiger partial charge on any atom is -0.443 e. The fourth-order valence-electron chi connectivity index (χ4n) is 1.90. The number of oxazole rings is 1. The van der Waals surface area contributed by atoms with Gasteiger partial charge in [0.1, 0.15) is 18.1 Å². The summed E-state index contributed by atoms with van der Waals surface area (Å²) in [6.07, 6.45) is 1.71. The zero-order valence-electron chi connectivity index (χ0n) is 12.6. The predicted molar refractivity (Wildman–Crippen MR) is 77.5 cm³/mol. The molecule has 0 saturated heterocycles. The largest absolute Gasteiger partial charge is 0.443 e. The third-order valence-corrected chi connectivity index (χ3v) is 3.11. The van der Waals surface area contributed by atoms with Crippen molar-refractivity contribution >= 4 is 0 Å². The Bertz CT molecular complexity index is 787. The summed E-state index contributed by atoms with van der Waals surface area (Å²) in [5.41, 5.74) is 0.474. The maximum Gasteiger partial charge on any atom is 0.218 e. The zero-order valence-corrected chi connectivity index (χ0v) is 12.6. The van der Waals surface area contributed by atoms with E-state index in [4.69, 9.17) is 4.42 Å². The second kappa shape index (κ2) is 5.32. The molecule has 0 atom stereocenters. The highest BCUT2D eigenvalue weighted by Gasteiger charge is 2.19. The van der Waals surface area contributed by atoms with Gasteiger partial charge in [0, 0.05) is 11.0 Å². The fourth-order valence-corrected chi connectivity index (χ4v) is 1.90. The summed E-state index contributed by atoms with van der Waals surface area (Å²) >= 11 is 0. The van der Waals surface area contributed by atoms with Crippen LogP contribution in [0, 0.1) is 5.82 Å². The van der Waals surface area contributed by atoms with Gasteiger partial charge < -0.3 is 4.42 Å². The highest BCUT2D eigenvalue weighted by molar-refractivity contribution is 5.53. The van der Waals surface area contributed by atoms with Gasteiger partial charge in [0.25, 0.3) is 0 Å². The van der Waals surface area contributed by atoms with Gasteiger partial charge in [-0.1, -0.05) is 32.9 Å². The molecule has 0 unspecified atom stereocenters. The van der Waals surface area contributed by atoms with Crippen LogP contribution in [-0.4, -0.2) is 25.2 Å². The van der Waals surface area contributed by atoms with Crippen molar-refractivity contribution in [1.29, 1.82) is 0 Å². The van der Waals surface area contributed by atoms with Crippen molar-refractivity contribution in [2.45, 2.75) is 32.7 Å². The van der Waals surface area contributed by atoms with Crippen molar-refractivity contribution in [3.05, 3.63) is 47.9 Å². The molecule has 22 heavy (non-hydrogen) atoms. The molecule has 0 radical (unpaired) electrons. The third-order valence-electron chi connectivity index (χ3n) is 3.11. The van der Waals surface area contributed by atoms with Gasteiger partial charge in [0.2, 0.25) is 11.7 Å². The van der Waals surface area contributed by atoms with Gasteiger partial charge in [-0.3, -0.25) is 0 Å². The van der Waals surface area contributed by atoms with Crippen molar-refractivity contribution in [3.63, 3.8) is 0 Å². The Kier molecular flexibility index (Phi) is 3.48. The molecular weight excluding hydrogens is 285 g/mol. The Balaban J connectivity index is 1.79. The summed E-state index contributed by atoms with van der Waals surface area (Å²) in [6.45, 7) is 6.42. The molecular formula is C15H16FN5O. The number of hydrogen-bond donors (Lipinski definition) is 0. The lowest BCUT2D eigenvalue weighted by Gasteiger charge is -2.12. The number of hydrogen-bond acceptors (Lipinski definition) is 5. The monoisotopic (exact) mass is 301 g/mol. The lowest BCUT2D eigenvalue weighted by Crippen LogP contribution is -2.09. The van der Waals surface area contributed by atoms with Crippen molar-refractivity contribution in [3.8, 4) is 11.4 Å². The van der Waals surface area contributed by atoms with Crippen molar-refractivity contribution in [2.24, 2.45) is 0 Å². The number of nitrogens with zero attached hydrogens (tertiary/aromatic N) is 5. The van der Waals surface area contributed by atoms with Crippen molar-refractivity contribution < 1.29 is 8.81 Å². The van der Waals surface area contributed by atoms with Gasteiger partial charge >= 0.3 is 0 Å². The standard InChI is InChI=1S/C15H16FN5O/c1-15(2,3)12-8-17-13(22-12)9-21-19-14(18-20-21)10-5-4-6-11(16)7-10/h4-8H,9H2,1-3H3. The van der Waals surface area contributed by atoms with Crippen LogP contribution < -0.4 is 0 Å². The Morgan fingerprint density at radius 3 is 2.77 bits per heavy atom. The van der Waals surface area contributed by atoms with Gasteiger partial charge in [0.05, 0.1) is 6.20 Å². The molecule has 0 aliphatic carbocycles. The van der Waals surface area contributed by atoms with Gasteiger partial charge in [0.15, 0.2) is 0 Å². The van der Waals surface area contributed by atoms with Crippen LogP contribution in [0.15, 0.2) is 34.9 Å². The Labute approximate surface area is 127 Å². The number of halogens is 1. The summed E-state index contributed by atoms with van der Waals surface area (Å²) in [5.74, 6) is 1.33. The molecule has 2 aromatic heterocycles. The first kappa shape index (κ1) is 14.4. The topological polar surface area (TPSA) is 69.6 Å². The maximum atomic E-state index is 13.2. The quantitative estimate of drug-likeness (QED) is 0.744. The third kappa shape index (κ3) is 3.03. The second-order valence-electron chi connectivity index (χ2n) is 6.02. The van der Waals surface area contributed by atoms with E-state index >= 15 is 0 Å². The highest BCUT2D eigenvalue weighted by Crippen LogP contribution is 2.22. The summed E-state index contributed by atoms with van der Waals surface area (Å²) in [6, 6.07) is 6.07. The van der Waals surface area contributed by atoms with E-state index < -0.39 is 0 Å². The smallest absolute Gasteiger partial charge is 0.218 e. The molecule has 0 spiro atoms. The lowest BCUT2D eigenvalue weighted by molar-refractivity contribution is 0.365. The first-order chi connectivity index (χ1) is 10.4. The molecule has 0 N–H and O–H groups in total. The summed E-state index contributed by atoms with van der Waals surface area (Å²) in [5, 5.41) is 12.1. The maximum absolute atomic E-state index is 13.2. The minimum atomic E-state index is -0.337. The van der Waals surface area contributed by atoms with E-state index in [2.05, 4.69) is 20.4 Å². The molecule has 0 bridgehead atoms. The van der Waals surface area contributed by atoms with Gasteiger partial charge in [-0.2, -0.15) is 4.80 Å². The van der Waals surface area contributed by atoms with E-state index in [0.29, 0.717) is 17.3 Å². The molecule has 3 aromatic rings. The molecule has 7 heteroatoms. The summed E-state index contributed by atoms with van der Waals surface area (Å²) < 4.78 is 18.9. The molecule has 1 aromatic carbocycles. The van der Waals surface area contributed by atoms with Crippen LogP contribution in [0.1, 0.15) is 32.4 Å². The molecule has 3 rings (SSSR count). The van der Waals surface area contributed by atoms with Crippen molar-refractivity contribution in [1.82, 2.24) is 25.2 Å². The lowest BCUT2D eigenvalue weighted by atomic mass is 9.94. The van der Waals surface area contributed by atoms with Gasteiger partial charge in [-0.25, -0.2) is 9.37 Å². The number of aromatic nitrogens is 5. The van der Waals surface area contributed by atoms with Crippen molar-refractivity contribution in [2.75, 3.05) is 0 Å². The predicted octanol–water partition coefficient (Wildman–Crippen LogP) is 2.81. The minimum absolute atomic E-state index is 0.103. The van der Waals surface area contributed by atoms with E-state index in [1.54, 1.807) is 18.3 Å². The molecule has 0 amide bonds. The molecule has 0 aliphatic rings. The average Bonchev–Trinajstić information content (AvgIpc) is 3.08. The number of tetrazole rings is 1. The molecule has 0 saturated carbocycles. The van der Waals surface area contributed by atoms with Gasteiger partial charge in [-0.05, 0) is 17.3 Å². The zero-order chi connectivity index (χ0) is 15.7. The first-order valence-corrected chi connectivity index (χ1v) is 6.91. The van der Waals surface area contributed by atoms with Crippen LogP contribution in [-0.2, 0) is 12.0 Å². The van der Waals surface area contributed by atoms with Crippen LogP contribution in [0.2, 0.25) is 0 Å². The Morgan fingerprint density at radius 2 is 2.09 bits per heavy atom. The van der Waals surface area contributed by atoms with E-state index in [1.807, 2.05) is 20.8 Å². The average molecular weight is 301 g/mol. The summed E-state index contributed by atoms with van der Waals surface area (Å²) in [4.78, 5) is 5.59. The van der Waals surface area contributed by atoms with Crippen LogP contribution in [0.5, 0.6) is 0 Å². The van der Waals surface area contributed by atoms with Crippen LogP contribution >= 0.6 is 0 Å². The normalized spacial score (nSPS) is 11.8. The molecule has 114 valence electrons. The molecule has 0 fully saturated rings. The van der Waals surface area contributed by atoms with E-state index in [-0.39, 0.29) is 17.8 Å². The van der Waals surface area contributed by atoms with E-state index in [1.165, 1.54) is 16.9 Å². The highest BCUT2D eigenvalue weighted by atomic mass is 19.1. The molecule has 2 heterocycles. The molecule has 6 nitrogen and oxygen atoms in total. The Morgan fingerprint density at radius 1 is 1.27 bits per heavy atom. The van der Waals surface area contributed by atoms with Crippen LogP contribution in [0.25, 0.3) is 11.4 Å². The first-order valence-electron chi connectivity index (χ1n) is 6.91. The fraction of sp³-hybridized carbons (Fsp3) is 0.333. The van der Waals surface area contributed by atoms with Crippen LogP contribution in [0.3, 0.4) is 0 Å². The Hall–Kier alpha value is -2.57. The number of rotatable bonds is 3. The van der Waals surface area contributed by atoms with E-state index in [0.717, 1.165) is 5.76 Å². The molecule has 0 aliphatic heterocycles.